The summed E-state index contributed by atoms with van der Waals surface area (Å²) in [5.74, 6) is -0.914. The van der Waals surface area contributed by atoms with Gasteiger partial charge in [-0.2, -0.15) is 0 Å². The zero-order chi connectivity index (χ0) is 27.2. The molecule has 2 N–H and O–H groups in total. The lowest BCUT2D eigenvalue weighted by molar-refractivity contribution is -0.142. The van der Waals surface area contributed by atoms with Crippen LogP contribution in [-0.2, 0) is 23.9 Å². The molecular formula is C30H41N3O5. The molecule has 3 heterocycles. The number of carbonyl (C=O) groups excluding carboxylic acids is 3. The van der Waals surface area contributed by atoms with Crippen LogP contribution in [0.1, 0.15) is 58.4 Å². The third-order valence-electron chi connectivity index (χ3n) is 9.34. The van der Waals surface area contributed by atoms with E-state index >= 15 is 0 Å². The zero-order valence-corrected chi connectivity index (χ0v) is 23.1. The number of hydrogen-bond donors (Lipinski definition) is 2. The van der Waals surface area contributed by atoms with Crippen molar-refractivity contribution in [2.45, 2.75) is 76.7 Å². The molecule has 38 heavy (non-hydrogen) atoms. The van der Waals surface area contributed by atoms with Crippen LogP contribution in [0.2, 0.25) is 0 Å². The number of anilines is 1. The molecule has 4 aliphatic rings. The van der Waals surface area contributed by atoms with Crippen molar-refractivity contribution in [1.82, 2.24) is 10.2 Å². The summed E-state index contributed by atoms with van der Waals surface area (Å²) in [5.41, 5.74) is 0.701. The number of methoxy groups -OCH3 is 1. The molecule has 1 aromatic rings. The van der Waals surface area contributed by atoms with Crippen molar-refractivity contribution in [3.05, 3.63) is 42.0 Å². The van der Waals surface area contributed by atoms with Crippen molar-refractivity contribution < 1.29 is 23.9 Å². The lowest BCUT2D eigenvalue weighted by Crippen LogP contribution is -2.58. The number of amides is 3. The van der Waals surface area contributed by atoms with Crippen LogP contribution in [0.15, 0.2) is 36.4 Å². The van der Waals surface area contributed by atoms with E-state index in [1.807, 2.05) is 36.4 Å². The van der Waals surface area contributed by atoms with Gasteiger partial charge in [0.15, 0.2) is 0 Å². The highest BCUT2D eigenvalue weighted by molar-refractivity contribution is 6.02. The molecule has 8 heteroatoms. The predicted octanol–water partition coefficient (Wildman–Crippen LogP) is 3.49. The molecule has 1 aromatic carbocycles. The summed E-state index contributed by atoms with van der Waals surface area (Å²) in [5, 5.41) is 6.26. The van der Waals surface area contributed by atoms with E-state index in [1.165, 1.54) is 5.56 Å². The van der Waals surface area contributed by atoms with E-state index in [-0.39, 0.29) is 30.3 Å². The Morgan fingerprint density at radius 1 is 1.16 bits per heavy atom. The first-order valence-electron chi connectivity index (χ1n) is 14.1. The number of nitrogens with zero attached hydrogens (tertiary/aromatic N) is 1. The maximum Gasteiger partial charge on any atom is 0.246 e. The number of benzene rings is 1. The van der Waals surface area contributed by atoms with Gasteiger partial charge >= 0.3 is 0 Å². The molecule has 1 aliphatic carbocycles. The number of likely N-dealkylation sites (tertiary alicyclic amines) is 1. The maximum absolute atomic E-state index is 13.9. The van der Waals surface area contributed by atoms with Crippen LogP contribution in [0.25, 0.3) is 0 Å². The van der Waals surface area contributed by atoms with E-state index in [0.29, 0.717) is 30.0 Å². The fourth-order valence-electron chi connectivity index (χ4n) is 6.92. The second-order valence-corrected chi connectivity index (χ2v) is 11.9. The number of ether oxygens (including phenoxy) is 2. The number of rotatable bonds is 8. The summed E-state index contributed by atoms with van der Waals surface area (Å²) < 4.78 is 11.7. The van der Waals surface area contributed by atoms with E-state index in [9.17, 15) is 14.4 Å². The molecule has 8 nitrogen and oxygen atoms in total. The van der Waals surface area contributed by atoms with E-state index in [0.717, 1.165) is 19.3 Å². The van der Waals surface area contributed by atoms with E-state index < -0.39 is 29.6 Å². The molecule has 3 aliphatic heterocycles. The van der Waals surface area contributed by atoms with Gasteiger partial charge in [0, 0.05) is 25.4 Å². The minimum atomic E-state index is -1.16. The SMILES string of the molecule is COCCN1C(=O)[C@H]2[C@H](C(=O)Nc3ccc(C(C)C)cc3)[C@H]3C=C[C@@]2(O3)[C@@H]1C(=O)N[C@@H]1CCC[C@@H](C)[C@@H]1C. The van der Waals surface area contributed by atoms with Crippen LogP contribution in [0.5, 0.6) is 0 Å². The molecule has 2 bridgehead atoms. The number of nitrogens with one attached hydrogen (secondary N) is 2. The fraction of sp³-hybridized carbons (Fsp3) is 0.633. The second kappa shape index (κ2) is 10.5. The van der Waals surface area contributed by atoms with Crippen LogP contribution in [-0.4, -0.2) is 66.7 Å². The number of carbonyl (C=O) groups is 3. The topological polar surface area (TPSA) is 97.0 Å². The molecule has 5 rings (SSSR count). The third-order valence-corrected chi connectivity index (χ3v) is 9.34. The Kier molecular flexibility index (Phi) is 7.40. The predicted molar refractivity (Wildman–Crippen MR) is 144 cm³/mol. The van der Waals surface area contributed by atoms with Crippen LogP contribution in [0.3, 0.4) is 0 Å². The first kappa shape index (κ1) is 26.9. The summed E-state index contributed by atoms with van der Waals surface area (Å²) in [6.45, 7) is 9.20. The van der Waals surface area contributed by atoms with Gasteiger partial charge in [-0.1, -0.05) is 64.8 Å². The van der Waals surface area contributed by atoms with Crippen LogP contribution in [0.4, 0.5) is 5.69 Å². The summed E-state index contributed by atoms with van der Waals surface area (Å²) in [6.07, 6.45) is 6.30. The Labute approximate surface area is 225 Å². The van der Waals surface area contributed by atoms with E-state index in [1.54, 1.807) is 12.0 Å². The van der Waals surface area contributed by atoms with Crippen molar-refractivity contribution in [1.29, 1.82) is 0 Å². The van der Waals surface area contributed by atoms with Gasteiger partial charge in [-0.25, -0.2) is 0 Å². The number of hydrogen-bond acceptors (Lipinski definition) is 5. The Morgan fingerprint density at radius 2 is 1.89 bits per heavy atom. The largest absolute Gasteiger partial charge is 0.383 e. The lowest BCUT2D eigenvalue weighted by atomic mass is 9.73. The molecule has 2 saturated heterocycles. The summed E-state index contributed by atoms with van der Waals surface area (Å²) in [4.78, 5) is 42.9. The minimum Gasteiger partial charge on any atom is -0.383 e. The van der Waals surface area contributed by atoms with Crippen LogP contribution >= 0.6 is 0 Å². The third kappa shape index (κ3) is 4.45. The number of fused-ring (bicyclic) bond motifs is 1. The molecule has 1 saturated carbocycles. The van der Waals surface area contributed by atoms with Gasteiger partial charge in [0.2, 0.25) is 17.7 Å². The second-order valence-electron chi connectivity index (χ2n) is 11.9. The van der Waals surface area contributed by atoms with Crippen molar-refractivity contribution in [3.63, 3.8) is 0 Å². The van der Waals surface area contributed by atoms with Crippen molar-refractivity contribution in [2.75, 3.05) is 25.6 Å². The van der Waals surface area contributed by atoms with Gasteiger partial charge in [0.1, 0.15) is 11.6 Å². The van der Waals surface area contributed by atoms with Gasteiger partial charge in [-0.15, -0.1) is 0 Å². The zero-order valence-electron chi connectivity index (χ0n) is 23.1. The fourth-order valence-corrected chi connectivity index (χ4v) is 6.92. The first-order valence-corrected chi connectivity index (χ1v) is 14.1. The standard InChI is InChI=1S/C30H41N3O5/c1-17(2)20-9-11-21(12-10-20)31-27(34)24-23-13-14-30(38-23)25(24)29(36)33(15-16-37-5)26(30)28(35)32-22-8-6-7-18(3)19(22)4/h9-14,17-19,22-26H,6-8,15-16H2,1-5H3,(H,31,34)(H,32,35)/t18-,19+,22-,23-,24-,25-,26+,30+/m1/s1. The van der Waals surface area contributed by atoms with Gasteiger partial charge in [0.05, 0.1) is 24.5 Å². The monoisotopic (exact) mass is 523 g/mol. The molecule has 3 fully saturated rings. The average molecular weight is 524 g/mol. The van der Waals surface area contributed by atoms with Gasteiger partial charge in [-0.05, 0) is 41.9 Å². The van der Waals surface area contributed by atoms with E-state index in [2.05, 4.69) is 38.3 Å². The van der Waals surface area contributed by atoms with Crippen LogP contribution < -0.4 is 10.6 Å². The van der Waals surface area contributed by atoms with Gasteiger partial charge < -0.3 is 25.0 Å². The summed E-state index contributed by atoms with van der Waals surface area (Å²) >= 11 is 0. The highest BCUT2D eigenvalue weighted by atomic mass is 16.5. The van der Waals surface area contributed by atoms with Crippen molar-refractivity contribution in [3.8, 4) is 0 Å². The van der Waals surface area contributed by atoms with Gasteiger partial charge in [0.25, 0.3) is 0 Å². The summed E-state index contributed by atoms with van der Waals surface area (Å²) in [6, 6.07) is 6.98. The van der Waals surface area contributed by atoms with Crippen LogP contribution in [0, 0.1) is 23.7 Å². The maximum atomic E-state index is 13.9. The van der Waals surface area contributed by atoms with E-state index in [4.69, 9.17) is 9.47 Å². The normalized spacial score (nSPS) is 35.6. The molecule has 3 amide bonds. The van der Waals surface area contributed by atoms with Crippen molar-refractivity contribution in [2.24, 2.45) is 23.7 Å². The van der Waals surface area contributed by atoms with Gasteiger partial charge in [-0.3, -0.25) is 14.4 Å². The Bertz CT molecular complexity index is 1100. The smallest absolute Gasteiger partial charge is 0.246 e. The molecule has 0 unspecified atom stereocenters. The first-order chi connectivity index (χ1) is 18.2. The molecule has 1 spiro atoms. The van der Waals surface area contributed by atoms with Crippen molar-refractivity contribution >= 4 is 23.4 Å². The minimum absolute atomic E-state index is 0.0524. The highest BCUT2D eigenvalue weighted by Crippen LogP contribution is 2.55. The summed E-state index contributed by atoms with van der Waals surface area (Å²) in [7, 11) is 1.57. The molecular weight excluding hydrogens is 482 g/mol. The Morgan fingerprint density at radius 3 is 2.58 bits per heavy atom. The average Bonchev–Trinajstić information content (AvgIpc) is 3.53. The highest BCUT2D eigenvalue weighted by Gasteiger charge is 2.72. The quantitative estimate of drug-likeness (QED) is 0.509. The Balaban J connectivity index is 1.40. The molecule has 0 aromatic heterocycles. The molecule has 0 radical (unpaired) electrons. The lowest BCUT2D eigenvalue weighted by Gasteiger charge is -2.38. The molecule has 8 atom stereocenters. The Hall–Kier alpha value is -2.71. The molecule has 206 valence electrons.